The predicted octanol–water partition coefficient (Wildman–Crippen LogP) is 2.17. The van der Waals surface area contributed by atoms with E-state index in [1.54, 1.807) is 0 Å². The summed E-state index contributed by atoms with van der Waals surface area (Å²) in [6.45, 7) is 3.69. The fourth-order valence-electron chi connectivity index (χ4n) is 1.79. The van der Waals surface area contributed by atoms with Gasteiger partial charge in [0.05, 0.1) is 6.42 Å². The number of rotatable bonds is 6. The first-order valence-corrected chi connectivity index (χ1v) is 6.26. The smallest absolute Gasteiger partial charge is 0.224 e. The monoisotopic (exact) mass is 271 g/mol. The van der Waals surface area contributed by atoms with E-state index >= 15 is 0 Å². The average Bonchev–Trinajstić information content (AvgIpc) is 2.33. The summed E-state index contributed by atoms with van der Waals surface area (Å²) >= 11 is 0. The molecule has 0 aliphatic carbocycles. The Kier molecular flexibility index (Phi) is 5.42. The Balaban J connectivity index is 2.69. The molecule has 0 bridgehead atoms. The maximum Gasteiger partial charge on any atom is 0.224 e. The number of hydrogen-bond acceptors (Lipinski definition) is 2. The maximum absolute atomic E-state index is 13.4. The Morgan fingerprint density at radius 2 is 2.11 bits per heavy atom. The van der Waals surface area contributed by atoms with E-state index in [1.165, 1.54) is 6.07 Å². The van der Waals surface area contributed by atoms with Crippen molar-refractivity contribution in [1.29, 1.82) is 0 Å². The largest absolute Gasteiger partial charge is 0.396 e. The molecule has 5 heteroatoms. The number of benzene rings is 1. The summed E-state index contributed by atoms with van der Waals surface area (Å²) in [4.78, 5) is 11.8. The SMILES string of the molecule is CCC(C)(CCO)NC(=O)Cc1ccc(F)cc1F. The minimum absolute atomic E-state index is 0.0322. The first-order valence-electron chi connectivity index (χ1n) is 6.26. The van der Waals surface area contributed by atoms with Gasteiger partial charge < -0.3 is 10.4 Å². The zero-order valence-corrected chi connectivity index (χ0v) is 11.2. The van der Waals surface area contributed by atoms with Crippen molar-refractivity contribution < 1.29 is 18.7 Å². The summed E-state index contributed by atoms with van der Waals surface area (Å²) in [6.07, 6.45) is 0.944. The number of carbonyl (C=O) groups is 1. The third-order valence-electron chi connectivity index (χ3n) is 3.25. The fourth-order valence-corrected chi connectivity index (χ4v) is 1.79. The third-order valence-corrected chi connectivity index (χ3v) is 3.25. The summed E-state index contributed by atoms with van der Waals surface area (Å²) in [7, 11) is 0. The van der Waals surface area contributed by atoms with Crippen molar-refractivity contribution in [3.05, 3.63) is 35.4 Å². The molecule has 0 spiro atoms. The minimum atomic E-state index is -0.726. The van der Waals surface area contributed by atoms with Crippen molar-refractivity contribution >= 4 is 5.91 Å². The van der Waals surface area contributed by atoms with E-state index in [0.717, 1.165) is 12.1 Å². The van der Waals surface area contributed by atoms with Gasteiger partial charge in [0, 0.05) is 18.2 Å². The molecule has 106 valence electrons. The second-order valence-corrected chi connectivity index (χ2v) is 4.85. The summed E-state index contributed by atoms with van der Waals surface area (Å²) in [5.41, 5.74) is -0.358. The van der Waals surface area contributed by atoms with Gasteiger partial charge in [-0.3, -0.25) is 4.79 Å². The van der Waals surface area contributed by atoms with Gasteiger partial charge in [-0.2, -0.15) is 0 Å². The fraction of sp³-hybridized carbons (Fsp3) is 0.500. The van der Waals surface area contributed by atoms with Crippen molar-refractivity contribution in [3.63, 3.8) is 0 Å². The van der Waals surface area contributed by atoms with Gasteiger partial charge in [-0.15, -0.1) is 0 Å². The molecule has 1 rings (SSSR count). The number of amides is 1. The lowest BCUT2D eigenvalue weighted by Gasteiger charge is -2.29. The van der Waals surface area contributed by atoms with Gasteiger partial charge in [-0.1, -0.05) is 13.0 Å². The normalized spacial score (nSPS) is 13.9. The standard InChI is InChI=1S/C14H19F2NO2/c1-3-14(2,6-7-18)17-13(19)8-10-4-5-11(15)9-12(10)16/h4-5,9,18H,3,6-8H2,1-2H3,(H,17,19). The molecule has 0 aliphatic rings. The summed E-state index contributed by atoms with van der Waals surface area (Å²) < 4.78 is 26.2. The van der Waals surface area contributed by atoms with Gasteiger partial charge in [-0.25, -0.2) is 8.78 Å². The van der Waals surface area contributed by atoms with Crippen molar-refractivity contribution in [1.82, 2.24) is 5.32 Å². The highest BCUT2D eigenvalue weighted by Crippen LogP contribution is 2.15. The number of halogens is 2. The molecule has 1 amide bonds. The van der Waals surface area contributed by atoms with Crippen LogP contribution in [-0.2, 0) is 11.2 Å². The predicted molar refractivity (Wildman–Crippen MR) is 68.6 cm³/mol. The highest BCUT2D eigenvalue weighted by molar-refractivity contribution is 5.79. The molecule has 1 atom stereocenters. The minimum Gasteiger partial charge on any atom is -0.396 e. The molecule has 19 heavy (non-hydrogen) atoms. The number of aliphatic hydroxyl groups excluding tert-OH is 1. The second-order valence-electron chi connectivity index (χ2n) is 4.85. The molecule has 3 nitrogen and oxygen atoms in total. The van der Waals surface area contributed by atoms with E-state index in [9.17, 15) is 13.6 Å². The van der Waals surface area contributed by atoms with Crippen LogP contribution in [0.5, 0.6) is 0 Å². The highest BCUT2D eigenvalue weighted by Gasteiger charge is 2.23. The van der Waals surface area contributed by atoms with Gasteiger partial charge in [-0.05, 0) is 31.4 Å². The number of carbonyl (C=O) groups excluding carboxylic acids is 1. The Labute approximate surface area is 111 Å². The molecule has 1 aromatic carbocycles. The highest BCUT2D eigenvalue weighted by atomic mass is 19.1. The third kappa shape index (κ3) is 4.59. The van der Waals surface area contributed by atoms with E-state index in [0.29, 0.717) is 12.8 Å². The van der Waals surface area contributed by atoms with Crippen molar-refractivity contribution in [2.75, 3.05) is 6.61 Å². The van der Waals surface area contributed by atoms with Crippen LogP contribution in [-0.4, -0.2) is 23.2 Å². The summed E-state index contributed by atoms with van der Waals surface area (Å²) in [5, 5.41) is 11.7. The molecule has 0 saturated heterocycles. The van der Waals surface area contributed by atoms with Gasteiger partial charge in [0.1, 0.15) is 11.6 Å². The maximum atomic E-state index is 13.4. The lowest BCUT2D eigenvalue weighted by molar-refractivity contribution is -0.122. The van der Waals surface area contributed by atoms with Crippen LogP contribution in [0.25, 0.3) is 0 Å². The molecule has 2 N–H and O–H groups in total. The van der Waals surface area contributed by atoms with Crippen LogP contribution in [0, 0.1) is 11.6 Å². The van der Waals surface area contributed by atoms with E-state index in [1.807, 2.05) is 13.8 Å². The quantitative estimate of drug-likeness (QED) is 0.833. The van der Waals surface area contributed by atoms with E-state index in [2.05, 4.69) is 5.32 Å². The molecular formula is C14H19F2NO2. The van der Waals surface area contributed by atoms with Gasteiger partial charge in [0.25, 0.3) is 0 Å². The van der Waals surface area contributed by atoms with Crippen LogP contribution in [0.3, 0.4) is 0 Å². The Bertz CT molecular complexity index is 451. The Hall–Kier alpha value is -1.49. The molecular weight excluding hydrogens is 252 g/mol. The van der Waals surface area contributed by atoms with Crippen LogP contribution in [0.15, 0.2) is 18.2 Å². The van der Waals surface area contributed by atoms with Gasteiger partial charge in [0.15, 0.2) is 0 Å². The topological polar surface area (TPSA) is 49.3 Å². The molecule has 1 aromatic rings. The van der Waals surface area contributed by atoms with Crippen LogP contribution in [0.4, 0.5) is 8.78 Å². The van der Waals surface area contributed by atoms with Gasteiger partial charge in [0.2, 0.25) is 5.91 Å². The average molecular weight is 271 g/mol. The Morgan fingerprint density at radius 3 is 2.63 bits per heavy atom. The number of hydrogen-bond donors (Lipinski definition) is 2. The lowest BCUT2D eigenvalue weighted by Crippen LogP contribution is -2.46. The van der Waals surface area contributed by atoms with Crippen LogP contribution < -0.4 is 5.32 Å². The van der Waals surface area contributed by atoms with Crippen LogP contribution in [0.2, 0.25) is 0 Å². The molecule has 0 fully saturated rings. The number of nitrogens with one attached hydrogen (secondary N) is 1. The molecule has 0 aromatic heterocycles. The van der Waals surface area contributed by atoms with Crippen molar-refractivity contribution in [2.45, 2.75) is 38.6 Å². The number of aliphatic hydroxyl groups is 1. The molecule has 0 saturated carbocycles. The van der Waals surface area contributed by atoms with Crippen molar-refractivity contribution in [3.8, 4) is 0 Å². The van der Waals surface area contributed by atoms with Crippen LogP contribution in [0.1, 0.15) is 32.3 Å². The van der Waals surface area contributed by atoms with Crippen molar-refractivity contribution in [2.24, 2.45) is 0 Å². The summed E-state index contributed by atoms with van der Waals surface area (Å²) in [6, 6.07) is 3.15. The first kappa shape index (κ1) is 15.6. The molecule has 0 heterocycles. The van der Waals surface area contributed by atoms with E-state index in [4.69, 9.17) is 5.11 Å². The second kappa shape index (κ2) is 6.61. The van der Waals surface area contributed by atoms with E-state index in [-0.39, 0.29) is 24.5 Å². The first-order chi connectivity index (χ1) is 8.90. The lowest BCUT2D eigenvalue weighted by atomic mass is 9.94. The zero-order valence-electron chi connectivity index (χ0n) is 11.2. The molecule has 1 unspecified atom stereocenters. The van der Waals surface area contributed by atoms with Crippen LogP contribution >= 0.6 is 0 Å². The summed E-state index contributed by atoms with van der Waals surface area (Å²) in [5.74, 6) is -1.74. The van der Waals surface area contributed by atoms with Gasteiger partial charge >= 0.3 is 0 Å². The molecule has 0 aliphatic heterocycles. The molecule has 0 radical (unpaired) electrons. The zero-order chi connectivity index (χ0) is 14.5. The Morgan fingerprint density at radius 1 is 1.42 bits per heavy atom. The van der Waals surface area contributed by atoms with E-state index < -0.39 is 17.2 Å².